The molecule has 0 atom stereocenters. The number of anilines is 2. The molecule has 0 aliphatic heterocycles. The van der Waals surface area contributed by atoms with Gasteiger partial charge >= 0.3 is 0 Å². The molecule has 0 fully saturated rings. The molecule has 32 heavy (non-hydrogen) atoms. The lowest BCUT2D eigenvalue weighted by atomic mass is 10.1. The van der Waals surface area contributed by atoms with Crippen molar-refractivity contribution in [3.63, 3.8) is 0 Å². The molecule has 0 saturated carbocycles. The molecule has 0 saturated heterocycles. The van der Waals surface area contributed by atoms with Crippen LogP contribution in [-0.2, 0) is 0 Å². The fraction of sp³-hybridized carbons (Fsp3) is 0.259. The summed E-state index contributed by atoms with van der Waals surface area (Å²) in [6.07, 6.45) is 4.45. The molecule has 2 N–H and O–H groups in total. The Morgan fingerprint density at radius 3 is 2.31 bits per heavy atom. The van der Waals surface area contributed by atoms with Crippen LogP contribution in [0, 0.1) is 6.92 Å². The van der Waals surface area contributed by atoms with Gasteiger partial charge in [0, 0.05) is 16.9 Å². The standard InChI is InChI=1S/C27H30N2O3/c1-3-4-5-11-18-32-25-15-10-9-14-23(25)27(31)28-22-16-17-24(20(2)19-22)29-26(30)21-12-7-6-8-13-21/h6-10,12-17,19H,3-5,11,18H2,1-2H3,(H,28,31)(H,29,30). The topological polar surface area (TPSA) is 67.4 Å². The summed E-state index contributed by atoms with van der Waals surface area (Å²) in [6, 6.07) is 21.7. The molecule has 3 rings (SSSR count). The number of carbonyl (C=O) groups is 2. The maximum absolute atomic E-state index is 12.9. The first-order chi connectivity index (χ1) is 15.6. The van der Waals surface area contributed by atoms with Crippen molar-refractivity contribution in [1.29, 1.82) is 0 Å². The maximum atomic E-state index is 12.9. The summed E-state index contributed by atoms with van der Waals surface area (Å²) in [5.74, 6) is 0.190. The largest absolute Gasteiger partial charge is 0.493 e. The average Bonchev–Trinajstić information content (AvgIpc) is 2.81. The minimum Gasteiger partial charge on any atom is -0.493 e. The van der Waals surface area contributed by atoms with Crippen molar-refractivity contribution in [2.45, 2.75) is 39.5 Å². The number of benzene rings is 3. The molecule has 3 aromatic carbocycles. The van der Waals surface area contributed by atoms with Crippen LogP contribution in [0.2, 0.25) is 0 Å². The first-order valence-electron chi connectivity index (χ1n) is 11.1. The van der Waals surface area contributed by atoms with Gasteiger partial charge in [-0.05, 0) is 61.4 Å². The van der Waals surface area contributed by atoms with E-state index in [0.29, 0.717) is 34.9 Å². The second-order valence-corrected chi connectivity index (χ2v) is 7.71. The van der Waals surface area contributed by atoms with Gasteiger partial charge in [0.25, 0.3) is 11.8 Å². The zero-order chi connectivity index (χ0) is 22.8. The summed E-state index contributed by atoms with van der Waals surface area (Å²) in [6.45, 7) is 4.66. The normalized spacial score (nSPS) is 10.4. The molecule has 0 spiro atoms. The Morgan fingerprint density at radius 1 is 0.812 bits per heavy atom. The van der Waals surface area contributed by atoms with Crippen LogP contribution < -0.4 is 15.4 Å². The molecular weight excluding hydrogens is 400 g/mol. The van der Waals surface area contributed by atoms with Gasteiger partial charge in [0.1, 0.15) is 5.75 Å². The predicted molar refractivity (Wildman–Crippen MR) is 130 cm³/mol. The van der Waals surface area contributed by atoms with Crippen LogP contribution in [0.25, 0.3) is 0 Å². The van der Waals surface area contributed by atoms with E-state index in [9.17, 15) is 9.59 Å². The number of hydrogen-bond acceptors (Lipinski definition) is 3. The monoisotopic (exact) mass is 430 g/mol. The third-order valence-corrected chi connectivity index (χ3v) is 5.16. The number of ether oxygens (including phenoxy) is 1. The number of nitrogens with one attached hydrogen (secondary N) is 2. The fourth-order valence-corrected chi connectivity index (χ4v) is 3.36. The van der Waals surface area contributed by atoms with Gasteiger partial charge in [0.05, 0.1) is 12.2 Å². The Hall–Kier alpha value is -3.60. The minimum atomic E-state index is -0.227. The molecule has 0 unspecified atom stereocenters. The fourth-order valence-electron chi connectivity index (χ4n) is 3.36. The Morgan fingerprint density at radius 2 is 1.56 bits per heavy atom. The molecule has 0 heterocycles. The molecular formula is C27H30N2O3. The number of carbonyl (C=O) groups excluding carboxylic acids is 2. The molecule has 0 bridgehead atoms. The van der Waals surface area contributed by atoms with E-state index in [1.807, 2.05) is 49.4 Å². The second kappa shape index (κ2) is 11.7. The van der Waals surface area contributed by atoms with Crippen LogP contribution in [0.5, 0.6) is 5.75 Å². The summed E-state index contributed by atoms with van der Waals surface area (Å²) >= 11 is 0. The highest BCUT2D eigenvalue weighted by Gasteiger charge is 2.13. The van der Waals surface area contributed by atoms with Gasteiger partial charge in [-0.15, -0.1) is 0 Å². The van der Waals surface area contributed by atoms with Crippen molar-refractivity contribution in [2.75, 3.05) is 17.2 Å². The Kier molecular flexibility index (Phi) is 8.44. The number of amides is 2. The lowest BCUT2D eigenvalue weighted by Crippen LogP contribution is -2.15. The Labute approximate surface area is 189 Å². The summed E-state index contributed by atoms with van der Waals surface area (Å²) in [7, 11) is 0. The quantitative estimate of drug-likeness (QED) is 0.363. The SMILES string of the molecule is CCCCCCOc1ccccc1C(=O)Nc1ccc(NC(=O)c2ccccc2)c(C)c1. The van der Waals surface area contributed by atoms with Gasteiger partial charge in [-0.3, -0.25) is 9.59 Å². The number of hydrogen-bond donors (Lipinski definition) is 2. The lowest BCUT2D eigenvalue weighted by molar-refractivity contribution is 0.101. The Balaban J connectivity index is 1.63. The first-order valence-corrected chi connectivity index (χ1v) is 11.1. The summed E-state index contributed by atoms with van der Waals surface area (Å²) < 4.78 is 5.86. The van der Waals surface area contributed by atoms with Gasteiger partial charge in [-0.1, -0.05) is 56.5 Å². The second-order valence-electron chi connectivity index (χ2n) is 7.71. The van der Waals surface area contributed by atoms with E-state index in [2.05, 4.69) is 17.6 Å². The van der Waals surface area contributed by atoms with E-state index in [1.165, 1.54) is 12.8 Å². The molecule has 5 nitrogen and oxygen atoms in total. The number of unbranched alkanes of at least 4 members (excludes halogenated alkanes) is 3. The van der Waals surface area contributed by atoms with Crippen LogP contribution >= 0.6 is 0 Å². The zero-order valence-electron chi connectivity index (χ0n) is 18.7. The van der Waals surface area contributed by atoms with E-state index in [-0.39, 0.29) is 11.8 Å². The van der Waals surface area contributed by atoms with E-state index in [4.69, 9.17) is 4.74 Å². The van der Waals surface area contributed by atoms with Crippen molar-refractivity contribution in [3.05, 3.63) is 89.5 Å². The summed E-state index contributed by atoms with van der Waals surface area (Å²) in [5, 5.41) is 5.84. The first kappa shape index (κ1) is 23.1. The predicted octanol–water partition coefficient (Wildman–Crippen LogP) is 6.46. The Bertz CT molecular complexity index is 1050. The van der Waals surface area contributed by atoms with E-state index in [1.54, 1.807) is 30.3 Å². The molecule has 3 aromatic rings. The highest BCUT2D eigenvalue weighted by atomic mass is 16.5. The molecule has 0 aliphatic rings. The highest BCUT2D eigenvalue weighted by molar-refractivity contribution is 6.07. The van der Waals surface area contributed by atoms with E-state index < -0.39 is 0 Å². The highest BCUT2D eigenvalue weighted by Crippen LogP contribution is 2.23. The molecule has 166 valence electrons. The van der Waals surface area contributed by atoms with E-state index >= 15 is 0 Å². The molecule has 5 heteroatoms. The lowest BCUT2D eigenvalue weighted by Gasteiger charge is -2.13. The van der Waals surface area contributed by atoms with Gasteiger partial charge in [-0.25, -0.2) is 0 Å². The third kappa shape index (κ3) is 6.45. The van der Waals surface area contributed by atoms with Crippen molar-refractivity contribution in [1.82, 2.24) is 0 Å². The molecule has 0 aliphatic carbocycles. The molecule has 0 aromatic heterocycles. The van der Waals surface area contributed by atoms with Crippen molar-refractivity contribution < 1.29 is 14.3 Å². The van der Waals surface area contributed by atoms with Gasteiger partial charge < -0.3 is 15.4 Å². The number of para-hydroxylation sites is 1. The molecule has 0 radical (unpaired) electrons. The third-order valence-electron chi connectivity index (χ3n) is 5.16. The van der Waals surface area contributed by atoms with Gasteiger partial charge in [0.2, 0.25) is 0 Å². The van der Waals surface area contributed by atoms with E-state index in [0.717, 1.165) is 18.4 Å². The van der Waals surface area contributed by atoms with Crippen molar-refractivity contribution in [2.24, 2.45) is 0 Å². The van der Waals surface area contributed by atoms with Gasteiger partial charge in [0.15, 0.2) is 0 Å². The number of aryl methyl sites for hydroxylation is 1. The van der Waals surface area contributed by atoms with Crippen LogP contribution in [0.3, 0.4) is 0 Å². The van der Waals surface area contributed by atoms with Crippen molar-refractivity contribution in [3.8, 4) is 5.75 Å². The average molecular weight is 431 g/mol. The van der Waals surface area contributed by atoms with Crippen LogP contribution in [0.4, 0.5) is 11.4 Å². The molecule has 2 amide bonds. The van der Waals surface area contributed by atoms with Crippen molar-refractivity contribution >= 4 is 23.2 Å². The smallest absolute Gasteiger partial charge is 0.259 e. The van der Waals surface area contributed by atoms with Crippen LogP contribution in [-0.4, -0.2) is 18.4 Å². The summed E-state index contributed by atoms with van der Waals surface area (Å²) in [4.78, 5) is 25.3. The van der Waals surface area contributed by atoms with Gasteiger partial charge in [-0.2, -0.15) is 0 Å². The van der Waals surface area contributed by atoms with Crippen LogP contribution in [0.1, 0.15) is 58.9 Å². The number of rotatable bonds is 10. The minimum absolute atomic E-state index is 0.171. The maximum Gasteiger partial charge on any atom is 0.259 e. The summed E-state index contributed by atoms with van der Waals surface area (Å²) in [5.41, 5.74) is 3.31. The zero-order valence-corrected chi connectivity index (χ0v) is 18.7. The van der Waals surface area contributed by atoms with Crippen LogP contribution in [0.15, 0.2) is 72.8 Å².